The Hall–Kier alpha value is -3.21. The predicted octanol–water partition coefficient (Wildman–Crippen LogP) is 3.31. The fourth-order valence-electron chi connectivity index (χ4n) is 2.60. The monoisotopic (exact) mass is 348 g/mol. The number of para-hydroxylation sites is 1. The van der Waals surface area contributed by atoms with E-state index < -0.39 is 5.97 Å². The maximum absolute atomic E-state index is 12.1. The summed E-state index contributed by atoms with van der Waals surface area (Å²) in [5.74, 6) is -0.762. The smallest absolute Gasteiger partial charge is 0.357 e. The van der Waals surface area contributed by atoms with Crippen molar-refractivity contribution >= 4 is 22.8 Å². The number of nitrogens with one attached hydrogen (secondary N) is 1. The molecule has 0 bridgehead atoms. The molecule has 0 aliphatic rings. The second-order valence-corrected chi connectivity index (χ2v) is 6.08. The van der Waals surface area contributed by atoms with E-state index in [-0.39, 0.29) is 24.1 Å². The zero-order chi connectivity index (χ0) is 18.4. The maximum atomic E-state index is 12.1. The normalized spacial score (nSPS) is 11.7. The van der Waals surface area contributed by atoms with Gasteiger partial charge in [0.05, 0.1) is 5.52 Å². The Morgan fingerprint density at radius 3 is 2.54 bits per heavy atom. The molecule has 0 aliphatic heterocycles. The van der Waals surface area contributed by atoms with E-state index in [4.69, 9.17) is 4.74 Å². The van der Waals surface area contributed by atoms with E-state index in [2.05, 4.69) is 10.3 Å². The first kappa shape index (κ1) is 17.6. The zero-order valence-corrected chi connectivity index (χ0v) is 14.5. The third kappa shape index (κ3) is 4.45. The van der Waals surface area contributed by atoms with Crippen molar-refractivity contribution in [2.24, 2.45) is 0 Å². The molecule has 5 heteroatoms. The third-order valence-corrected chi connectivity index (χ3v) is 4.12. The Balaban J connectivity index is 1.49. The molecular weight excluding hydrogens is 328 g/mol. The topological polar surface area (TPSA) is 68.3 Å². The largest absolute Gasteiger partial charge is 0.451 e. The number of benzene rings is 2. The van der Waals surface area contributed by atoms with Crippen LogP contribution in [0.2, 0.25) is 0 Å². The molecule has 2 aromatic carbocycles. The van der Waals surface area contributed by atoms with E-state index in [0.29, 0.717) is 12.1 Å². The van der Waals surface area contributed by atoms with Crippen molar-refractivity contribution < 1.29 is 14.3 Å². The highest BCUT2D eigenvalue weighted by Gasteiger charge is 2.13. The second-order valence-electron chi connectivity index (χ2n) is 6.08. The molecule has 0 saturated heterocycles. The van der Waals surface area contributed by atoms with Crippen LogP contribution in [0.5, 0.6) is 0 Å². The van der Waals surface area contributed by atoms with Gasteiger partial charge in [0.15, 0.2) is 6.61 Å². The van der Waals surface area contributed by atoms with Gasteiger partial charge in [-0.25, -0.2) is 9.78 Å². The highest BCUT2D eigenvalue weighted by atomic mass is 16.5. The molecule has 1 atom stereocenters. The van der Waals surface area contributed by atoms with Crippen LogP contribution in [0, 0.1) is 0 Å². The van der Waals surface area contributed by atoms with Crippen molar-refractivity contribution in [1.82, 2.24) is 10.3 Å². The van der Waals surface area contributed by atoms with Gasteiger partial charge in [0.2, 0.25) is 0 Å². The SMILES string of the molecule is C[C@H](CNC(=O)COC(=O)c1ccc2ccccc2n1)c1ccccc1. The average molecular weight is 348 g/mol. The molecule has 26 heavy (non-hydrogen) atoms. The number of hydrogen-bond acceptors (Lipinski definition) is 4. The Labute approximate surface area is 152 Å². The van der Waals surface area contributed by atoms with Crippen LogP contribution >= 0.6 is 0 Å². The van der Waals surface area contributed by atoms with Crippen LogP contribution in [0.25, 0.3) is 10.9 Å². The van der Waals surface area contributed by atoms with E-state index in [9.17, 15) is 9.59 Å². The summed E-state index contributed by atoms with van der Waals surface area (Å²) in [6, 6.07) is 20.8. The molecule has 1 aromatic heterocycles. The number of carbonyl (C=O) groups is 2. The van der Waals surface area contributed by atoms with Crippen molar-refractivity contribution in [2.75, 3.05) is 13.2 Å². The molecule has 0 radical (unpaired) electrons. The lowest BCUT2D eigenvalue weighted by atomic mass is 10.0. The van der Waals surface area contributed by atoms with E-state index in [1.807, 2.05) is 61.5 Å². The lowest BCUT2D eigenvalue weighted by Crippen LogP contribution is -2.31. The zero-order valence-electron chi connectivity index (χ0n) is 14.5. The van der Waals surface area contributed by atoms with Crippen molar-refractivity contribution in [2.45, 2.75) is 12.8 Å². The van der Waals surface area contributed by atoms with Crippen molar-refractivity contribution in [3.8, 4) is 0 Å². The van der Waals surface area contributed by atoms with Crippen LogP contribution in [-0.2, 0) is 9.53 Å². The highest BCUT2D eigenvalue weighted by Crippen LogP contribution is 2.13. The van der Waals surface area contributed by atoms with Crippen LogP contribution in [-0.4, -0.2) is 30.0 Å². The molecule has 5 nitrogen and oxygen atoms in total. The minimum atomic E-state index is -0.609. The summed E-state index contributed by atoms with van der Waals surface area (Å²) in [7, 11) is 0. The lowest BCUT2D eigenvalue weighted by Gasteiger charge is -2.13. The fraction of sp³-hybridized carbons (Fsp3) is 0.190. The number of pyridine rings is 1. The molecule has 3 aromatic rings. The minimum Gasteiger partial charge on any atom is -0.451 e. The number of amides is 1. The van der Waals surface area contributed by atoms with E-state index in [1.54, 1.807) is 12.1 Å². The third-order valence-electron chi connectivity index (χ3n) is 4.12. The molecular formula is C21H20N2O3. The Morgan fingerprint density at radius 1 is 1.00 bits per heavy atom. The minimum absolute atomic E-state index is 0.179. The Morgan fingerprint density at radius 2 is 1.73 bits per heavy atom. The Kier molecular flexibility index (Phi) is 5.59. The Bertz CT molecular complexity index is 909. The van der Waals surface area contributed by atoms with Gasteiger partial charge in [-0.2, -0.15) is 0 Å². The number of rotatable bonds is 6. The first-order valence-corrected chi connectivity index (χ1v) is 8.48. The quantitative estimate of drug-likeness (QED) is 0.694. The molecule has 1 amide bonds. The maximum Gasteiger partial charge on any atom is 0.357 e. The summed E-state index contributed by atoms with van der Waals surface area (Å²) in [4.78, 5) is 28.3. The van der Waals surface area contributed by atoms with E-state index in [1.165, 1.54) is 0 Å². The first-order valence-electron chi connectivity index (χ1n) is 8.48. The van der Waals surface area contributed by atoms with Gasteiger partial charge in [0.1, 0.15) is 5.69 Å². The summed E-state index contributed by atoms with van der Waals surface area (Å²) in [5.41, 5.74) is 2.04. The van der Waals surface area contributed by atoms with Gasteiger partial charge in [-0.05, 0) is 23.6 Å². The lowest BCUT2D eigenvalue weighted by molar-refractivity contribution is -0.124. The average Bonchev–Trinajstić information content (AvgIpc) is 2.70. The van der Waals surface area contributed by atoms with Crippen LogP contribution in [0.15, 0.2) is 66.7 Å². The molecule has 3 rings (SSSR count). The first-order chi connectivity index (χ1) is 12.6. The molecule has 0 aliphatic carbocycles. The highest BCUT2D eigenvalue weighted by molar-refractivity contribution is 5.92. The van der Waals surface area contributed by atoms with Gasteiger partial charge in [-0.1, -0.05) is 61.5 Å². The van der Waals surface area contributed by atoms with Crippen LogP contribution < -0.4 is 5.32 Å². The molecule has 1 N–H and O–H groups in total. The van der Waals surface area contributed by atoms with Crippen LogP contribution in [0.1, 0.15) is 28.9 Å². The standard InChI is InChI=1S/C21H20N2O3/c1-15(16-7-3-2-4-8-16)13-22-20(24)14-26-21(25)19-12-11-17-9-5-6-10-18(17)23-19/h2-12,15H,13-14H2,1H3,(H,22,24)/t15-/m1/s1. The number of carbonyl (C=O) groups excluding carboxylic acids is 2. The van der Waals surface area contributed by atoms with E-state index in [0.717, 1.165) is 10.9 Å². The molecule has 132 valence electrons. The summed E-state index contributed by atoms with van der Waals surface area (Å²) in [6.45, 7) is 2.18. The number of nitrogens with zero attached hydrogens (tertiary/aromatic N) is 1. The van der Waals surface area contributed by atoms with Gasteiger partial charge >= 0.3 is 5.97 Å². The second kappa shape index (κ2) is 8.25. The molecule has 1 heterocycles. The van der Waals surface area contributed by atoms with Gasteiger partial charge in [-0.15, -0.1) is 0 Å². The summed E-state index contributed by atoms with van der Waals surface area (Å²) in [6.07, 6.45) is 0. The van der Waals surface area contributed by atoms with Gasteiger partial charge in [-0.3, -0.25) is 4.79 Å². The van der Waals surface area contributed by atoms with Gasteiger partial charge < -0.3 is 10.1 Å². The molecule has 0 fully saturated rings. The fourth-order valence-corrected chi connectivity index (χ4v) is 2.60. The number of fused-ring (bicyclic) bond motifs is 1. The van der Waals surface area contributed by atoms with Crippen LogP contribution in [0.4, 0.5) is 0 Å². The molecule has 0 saturated carbocycles. The van der Waals surface area contributed by atoms with Crippen LogP contribution in [0.3, 0.4) is 0 Å². The van der Waals surface area contributed by atoms with Crippen molar-refractivity contribution in [1.29, 1.82) is 0 Å². The predicted molar refractivity (Wildman–Crippen MR) is 99.9 cm³/mol. The van der Waals surface area contributed by atoms with E-state index >= 15 is 0 Å². The number of aromatic nitrogens is 1. The molecule has 0 unspecified atom stereocenters. The number of hydrogen-bond donors (Lipinski definition) is 1. The van der Waals surface area contributed by atoms with Crippen molar-refractivity contribution in [3.63, 3.8) is 0 Å². The number of ether oxygens (including phenoxy) is 1. The summed E-state index contributed by atoms with van der Waals surface area (Å²) >= 11 is 0. The summed E-state index contributed by atoms with van der Waals surface area (Å²) < 4.78 is 5.06. The molecule has 0 spiro atoms. The van der Waals surface area contributed by atoms with Gasteiger partial charge in [0.25, 0.3) is 5.91 Å². The van der Waals surface area contributed by atoms with Gasteiger partial charge in [0, 0.05) is 11.9 Å². The van der Waals surface area contributed by atoms with Crippen molar-refractivity contribution in [3.05, 3.63) is 78.0 Å². The summed E-state index contributed by atoms with van der Waals surface area (Å²) in [5, 5.41) is 3.72. The number of esters is 1.